The fourth-order valence-electron chi connectivity index (χ4n) is 1.81. The molecule has 114 valence electrons. The average molecular weight is 310 g/mol. The molecule has 0 saturated carbocycles. The van der Waals surface area contributed by atoms with Crippen LogP contribution in [-0.4, -0.2) is 25.9 Å². The second-order valence-corrected chi connectivity index (χ2v) is 6.50. The fraction of sp³-hybridized carbons (Fsp3) is 0.500. The molecule has 0 radical (unpaired) electrons. The van der Waals surface area contributed by atoms with Crippen molar-refractivity contribution in [1.29, 1.82) is 0 Å². The maximum atomic E-state index is 12.1. The van der Waals surface area contributed by atoms with Crippen molar-refractivity contribution in [1.82, 2.24) is 25.3 Å². The highest BCUT2D eigenvalue weighted by atomic mass is 35.5. The number of aromatic amines is 1. The van der Waals surface area contributed by atoms with Gasteiger partial charge in [-0.1, -0.05) is 32.4 Å². The van der Waals surface area contributed by atoms with Gasteiger partial charge in [0.05, 0.1) is 29.2 Å². The summed E-state index contributed by atoms with van der Waals surface area (Å²) in [5, 5.41) is 14.6. The Morgan fingerprint density at radius 1 is 1.52 bits per heavy atom. The molecule has 21 heavy (non-hydrogen) atoms. The molecule has 0 aromatic carbocycles. The zero-order valence-corrected chi connectivity index (χ0v) is 13.4. The first-order valence-electron chi connectivity index (χ1n) is 6.79. The molecule has 2 aromatic heterocycles. The summed E-state index contributed by atoms with van der Waals surface area (Å²) >= 11 is 5.80. The van der Waals surface area contributed by atoms with E-state index in [0.29, 0.717) is 11.6 Å². The molecule has 1 amide bonds. The molecule has 0 aliphatic heterocycles. The number of nitrogens with one attached hydrogen (secondary N) is 2. The first-order chi connectivity index (χ1) is 9.77. The summed E-state index contributed by atoms with van der Waals surface area (Å²) in [6, 6.07) is 1.55. The van der Waals surface area contributed by atoms with Crippen molar-refractivity contribution in [3.05, 3.63) is 34.9 Å². The average Bonchev–Trinajstić information content (AvgIpc) is 3.03. The van der Waals surface area contributed by atoms with Gasteiger partial charge in [0.25, 0.3) is 0 Å². The number of hydrogen-bond donors (Lipinski definition) is 2. The third-order valence-corrected chi connectivity index (χ3v) is 3.39. The SMILES string of the molecule is C[C@H](C(=O)NCc1cc(C(C)(C)C)n[nH]1)n1cc(Cl)cn1. The first-order valence-corrected chi connectivity index (χ1v) is 7.17. The van der Waals surface area contributed by atoms with E-state index >= 15 is 0 Å². The van der Waals surface area contributed by atoms with Crippen LogP contribution in [0.1, 0.15) is 45.1 Å². The number of nitrogens with zero attached hydrogens (tertiary/aromatic N) is 3. The molecule has 0 spiro atoms. The Morgan fingerprint density at radius 2 is 2.24 bits per heavy atom. The summed E-state index contributed by atoms with van der Waals surface area (Å²) in [5.74, 6) is -0.123. The Bertz CT molecular complexity index is 625. The van der Waals surface area contributed by atoms with E-state index in [0.717, 1.165) is 11.4 Å². The number of rotatable bonds is 4. The number of hydrogen-bond acceptors (Lipinski definition) is 3. The number of carbonyl (C=O) groups excluding carboxylic acids is 1. The van der Waals surface area contributed by atoms with Gasteiger partial charge in [-0.05, 0) is 13.0 Å². The highest BCUT2D eigenvalue weighted by Crippen LogP contribution is 2.20. The fourth-order valence-corrected chi connectivity index (χ4v) is 1.96. The molecule has 0 aliphatic rings. The van der Waals surface area contributed by atoms with Gasteiger partial charge in [0, 0.05) is 11.6 Å². The van der Waals surface area contributed by atoms with Crippen LogP contribution in [0.2, 0.25) is 5.02 Å². The van der Waals surface area contributed by atoms with Crippen molar-refractivity contribution >= 4 is 17.5 Å². The summed E-state index contributed by atoms with van der Waals surface area (Å²) in [6.45, 7) is 8.45. The van der Waals surface area contributed by atoms with E-state index in [-0.39, 0.29) is 11.3 Å². The molecule has 7 heteroatoms. The third-order valence-electron chi connectivity index (χ3n) is 3.20. The molecule has 0 aliphatic carbocycles. The largest absolute Gasteiger partial charge is 0.349 e. The van der Waals surface area contributed by atoms with Crippen molar-refractivity contribution < 1.29 is 4.79 Å². The number of halogens is 1. The molecular weight excluding hydrogens is 290 g/mol. The number of aromatic nitrogens is 4. The Balaban J connectivity index is 1.93. The topological polar surface area (TPSA) is 75.6 Å². The van der Waals surface area contributed by atoms with Gasteiger partial charge in [-0.3, -0.25) is 14.6 Å². The van der Waals surface area contributed by atoms with Gasteiger partial charge in [-0.2, -0.15) is 10.2 Å². The number of H-pyrrole nitrogens is 1. The maximum absolute atomic E-state index is 12.1. The molecule has 2 aromatic rings. The summed E-state index contributed by atoms with van der Waals surface area (Å²) in [6.07, 6.45) is 3.13. The van der Waals surface area contributed by atoms with Crippen molar-refractivity contribution in [2.75, 3.05) is 0 Å². The molecular formula is C14H20ClN5O. The van der Waals surface area contributed by atoms with Crippen LogP contribution < -0.4 is 5.32 Å². The Hall–Kier alpha value is -1.82. The van der Waals surface area contributed by atoms with E-state index in [1.54, 1.807) is 13.1 Å². The number of amides is 1. The minimum Gasteiger partial charge on any atom is -0.349 e. The van der Waals surface area contributed by atoms with Crippen molar-refractivity contribution in [3.8, 4) is 0 Å². The van der Waals surface area contributed by atoms with Crippen molar-refractivity contribution in [2.45, 2.75) is 45.7 Å². The lowest BCUT2D eigenvalue weighted by Crippen LogP contribution is -2.30. The molecule has 2 heterocycles. The van der Waals surface area contributed by atoms with Crippen LogP contribution in [0.5, 0.6) is 0 Å². The minimum absolute atomic E-state index is 0.0160. The van der Waals surface area contributed by atoms with E-state index in [1.807, 2.05) is 6.07 Å². The first kappa shape index (κ1) is 15.6. The molecule has 2 N–H and O–H groups in total. The molecule has 6 nitrogen and oxygen atoms in total. The summed E-state index contributed by atoms with van der Waals surface area (Å²) in [7, 11) is 0. The van der Waals surface area contributed by atoms with E-state index < -0.39 is 6.04 Å². The second kappa shape index (κ2) is 5.89. The molecule has 0 unspecified atom stereocenters. The zero-order valence-electron chi connectivity index (χ0n) is 12.6. The second-order valence-electron chi connectivity index (χ2n) is 6.06. The lowest BCUT2D eigenvalue weighted by Gasteiger charge is -2.13. The smallest absolute Gasteiger partial charge is 0.244 e. The van der Waals surface area contributed by atoms with Crippen LogP contribution in [0, 0.1) is 0 Å². The Labute approximate surface area is 128 Å². The van der Waals surface area contributed by atoms with Crippen LogP contribution in [-0.2, 0) is 16.8 Å². The monoisotopic (exact) mass is 309 g/mol. The third kappa shape index (κ3) is 3.85. The van der Waals surface area contributed by atoms with Gasteiger partial charge in [0.1, 0.15) is 6.04 Å². The summed E-state index contributed by atoms with van der Waals surface area (Å²) in [5.41, 5.74) is 1.83. The molecule has 0 saturated heterocycles. The minimum atomic E-state index is -0.414. The van der Waals surface area contributed by atoms with Gasteiger partial charge in [0.2, 0.25) is 5.91 Å². The highest BCUT2D eigenvalue weighted by molar-refractivity contribution is 6.30. The highest BCUT2D eigenvalue weighted by Gasteiger charge is 2.19. The van der Waals surface area contributed by atoms with E-state index in [4.69, 9.17) is 11.6 Å². The predicted octanol–water partition coefficient (Wildman–Crippen LogP) is 2.43. The number of carbonyl (C=O) groups is 1. The Kier molecular flexibility index (Phi) is 4.37. The van der Waals surface area contributed by atoms with Crippen molar-refractivity contribution in [3.63, 3.8) is 0 Å². The zero-order chi connectivity index (χ0) is 15.6. The van der Waals surface area contributed by atoms with Gasteiger partial charge in [-0.15, -0.1) is 0 Å². The van der Waals surface area contributed by atoms with Crippen LogP contribution in [0.4, 0.5) is 0 Å². The van der Waals surface area contributed by atoms with Crippen LogP contribution >= 0.6 is 11.6 Å². The molecule has 2 rings (SSSR count). The van der Waals surface area contributed by atoms with Crippen LogP contribution in [0.3, 0.4) is 0 Å². The maximum Gasteiger partial charge on any atom is 0.244 e. The van der Waals surface area contributed by atoms with E-state index in [2.05, 4.69) is 41.4 Å². The Morgan fingerprint density at radius 3 is 2.76 bits per heavy atom. The molecule has 1 atom stereocenters. The summed E-state index contributed by atoms with van der Waals surface area (Å²) < 4.78 is 1.53. The van der Waals surface area contributed by atoms with Crippen LogP contribution in [0.25, 0.3) is 0 Å². The van der Waals surface area contributed by atoms with Gasteiger partial charge in [-0.25, -0.2) is 0 Å². The van der Waals surface area contributed by atoms with Gasteiger partial charge >= 0.3 is 0 Å². The van der Waals surface area contributed by atoms with Crippen molar-refractivity contribution in [2.24, 2.45) is 0 Å². The van der Waals surface area contributed by atoms with Gasteiger partial charge < -0.3 is 5.32 Å². The quantitative estimate of drug-likeness (QED) is 0.910. The van der Waals surface area contributed by atoms with Gasteiger partial charge in [0.15, 0.2) is 0 Å². The molecule has 0 fully saturated rings. The lowest BCUT2D eigenvalue weighted by molar-refractivity contribution is -0.124. The van der Waals surface area contributed by atoms with Crippen LogP contribution in [0.15, 0.2) is 18.5 Å². The van der Waals surface area contributed by atoms with E-state index in [1.165, 1.54) is 10.9 Å². The van der Waals surface area contributed by atoms with E-state index in [9.17, 15) is 4.79 Å². The standard InChI is InChI=1S/C14H20ClN5O/c1-9(20-8-10(15)6-17-20)13(21)16-7-11-5-12(19-18-11)14(2,3)4/h5-6,8-9H,7H2,1-4H3,(H,16,21)(H,18,19)/t9-/m1/s1. The lowest BCUT2D eigenvalue weighted by atomic mass is 9.92. The summed E-state index contributed by atoms with van der Waals surface area (Å²) in [4.78, 5) is 12.1. The normalized spacial score (nSPS) is 13.2. The molecule has 0 bridgehead atoms. The predicted molar refractivity (Wildman–Crippen MR) is 81.1 cm³/mol.